The molecule has 0 aliphatic carbocycles. The van der Waals surface area contributed by atoms with E-state index in [1.54, 1.807) is 0 Å². The topological polar surface area (TPSA) is 9.23 Å². The van der Waals surface area contributed by atoms with E-state index in [9.17, 15) is 0 Å². The van der Waals surface area contributed by atoms with Gasteiger partial charge in [-0.2, -0.15) is 0 Å². The van der Waals surface area contributed by atoms with Crippen LogP contribution in [0.3, 0.4) is 0 Å². The van der Waals surface area contributed by atoms with Gasteiger partial charge in [0, 0.05) is 12.5 Å². The molecule has 1 heterocycles. The van der Waals surface area contributed by atoms with Crippen LogP contribution in [0.15, 0.2) is 12.2 Å². The lowest BCUT2D eigenvalue weighted by molar-refractivity contribution is 0.191. The Morgan fingerprint density at radius 3 is 2.55 bits per heavy atom. The number of allylic oxidation sites excluding steroid dienone is 1. The second kappa shape index (κ2) is 3.40. The van der Waals surface area contributed by atoms with E-state index in [0.717, 1.165) is 13.2 Å². The van der Waals surface area contributed by atoms with Crippen molar-refractivity contribution < 1.29 is 4.74 Å². The summed E-state index contributed by atoms with van der Waals surface area (Å²) in [6.07, 6.45) is 5.78. The molecular weight excluding hydrogens is 136 g/mol. The lowest BCUT2D eigenvalue weighted by atomic mass is 9.94. The molecule has 1 aliphatic heterocycles. The van der Waals surface area contributed by atoms with Crippen LogP contribution in [0.4, 0.5) is 0 Å². The molecule has 1 atom stereocenters. The van der Waals surface area contributed by atoms with Crippen LogP contribution in [0.25, 0.3) is 0 Å². The summed E-state index contributed by atoms with van der Waals surface area (Å²) < 4.78 is 5.27. The van der Waals surface area contributed by atoms with Gasteiger partial charge in [0.1, 0.15) is 0 Å². The summed E-state index contributed by atoms with van der Waals surface area (Å²) in [5.41, 5.74) is 0.322. The Morgan fingerprint density at radius 2 is 2.09 bits per heavy atom. The maximum atomic E-state index is 5.27. The van der Waals surface area contributed by atoms with Crippen molar-refractivity contribution in [1.82, 2.24) is 0 Å². The van der Waals surface area contributed by atoms with Crippen molar-refractivity contribution in [2.24, 2.45) is 11.3 Å². The Bertz CT molecular complexity index is 135. The van der Waals surface area contributed by atoms with Crippen LogP contribution in [0, 0.1) is 11.3 Å². The first-order valence-electron chi connectivity index (χ1n) is 4.35. The van der Waals surface area contributed by atoms with Crippen molar-refractivity contribution in [2.75, 3.05) is 13.2 Å². The predicted molar refractivity (Wildman–Crippen MR) is 47.5 cm³/mol. The van der Waals surface area contributed by atoms with Crippen LogP contribution in [-0.2, 0) is 4.74 Å². The summed E-state index contributed by atoms with van der Waals surface area (Å²) in [6.45, 7) is 8.53. The highest BCUT2D eigenvalue weighted by molar-refractivity contribution is 4.96. The number of ether oxygens (including phenoxy) is 1. The average Bonchev–Trinajstić information content (AvgIpc) is 2.32. The summed E-state index contributed by atoms with van der Waals surface area (Å²) in [4.78, 5) is 0. The van der Waals surface area contributed by atoms with Crippen LogP contribution < -0.4 is 0 Å². The van der Waals surface area contributed by atoms with E-state index in [1.165, 1.54) is 6.42 Å². The third-order valence-corrected chi connectivity index (χ3v) is 1.83. The van der Waals surface area contributed by atoms with Crippen molar-refractivity contribution in [1.29, 1.82) is 0 Å². The maximum Gasteiger partial charge on any atom is 0.0529 e. The van der Waals surface area contributed by atoms with Gasteiger partial charge in [-0.15, -0.1) is 0 Å². The molecule has 1 nitrogen and oxygen atoms in total. The second-order valence-corrected chi connectivity index (χ2v) is 4.35. The van der Waals surface area contributed by atoms with Gasteiger partial charge in [0.05, 0.1) is 6.61 Å². The molecule has 1 fully saturated rings. The van der Waals surface area contributed by atoms with Crippen molar-refractivity contribution in [3.8, 4) is 0 Å². The quantitative estimate of drug-likeness (QED) is 0.527. The largest absolute Gasteiger partial charge is 0.381 e. The molecule has 11 heavy (non-hydrogen) atoms. The molecule has 0 saturated carbocycles. The van der Waals surface area contributed by atoms with Gasteiger partial charge in [-0.1, -0.05) is 32.9 Å². The number of hydrogen-bond acceptors (Lipinski definition) is 1. The second-order valence-electron chi connectivity index (χ2n) is 4.35. The summed E-state index contributed by atoms with van der Waals surface area (Å²) in [5, 5.41) is 0. The van der Waals surface area contributed by atoms with Crippen molar-refractivity contribution in [3.63, 3.8) is 0 Å². The zero-order valence-electron chi connectivity index (χ0n) is 7.76. The molecular formula is C10H18O. The van der Waals surface area contributed by atoms with Gasteiger partial charge in [0.2, 0.25) is 0 Å². The average molecular weight is 154 g/mol. The Labute approximate surface area is 69.4 Å². The molecule has 1 unspecified atom stereocenters. The van der Waals surface area contributed by atoms with E-state index in [0.29, 0.717) is 11.3 Å². The summed E-state index contributed by atoms with van der Waals surface area (Å²) in [7, 11) is 0. The molecule has 0 aromatic carbocycles. The van der Waals surface area contributed by atoms with E-state index >= 15 is 0 Å². The Hall–Kier alpha value is -0.300. The molecule has 64 valence electrons. The van der Waals surface area contributed by atoms with Crippen molar-refractivity contribution >= 4 is 0 Å². The van der Waals surface area contributed by atoms with Crippen LogP contribution in [0.5, 0.6) is 0 Å². The van der Waals surface area contributed by atoms with Gasteiger partial charge < -0.3 is 4.74 Å². The fourth-order valence-electron chi connectivity index (χ4n) is 1.13. The standard InChI is InChI=1S/C10H18O/c1-10(2,3)6-4-9-5-7-11-8-9/h4,6,9H,5,7-8H2,1-3H3/b6-4+. The first-order valence-corrected chi connectivity index (χ1v) is 4.35. The smallest absolute Gasteiger partial charge is 0.0529 e. The van der Waals surface area contributed by atoms with Crippen LogP contribution in [0.2, 0.25) is 0 Å². The van der Waals surface area contributed by atoms with Crippen molar-refractivity contribution in [3.05, 3.63) is 12.2 Å². The molecule has 1 saturated heterocycles. The monoisotopic (exact) mass is 154 g/mol. The summed E-state index contributed by atoms with van der Waals surface area (Å²) in [6, 6.07) is 0. The molecule has 0 aromatic heterocycles. The van der Waals surface area contributed by atoms with Crippen LogP contribution in [-0.4, -0.2) is 13.2 Å². The third kappa shape index (κ3) is 3.57. The first-order chi connectivity index (χ1) is 5.08. The molecule has 1 aliphatic rings. The molecule has 0 bridgehead atoms. The molecule has 0 N–H and O–H groups in total. The van der Waals surface area contributed by atoms with Gasteiger partial charge in [-0.05, 0) is 11.8 Å². The Morgan fingerprint density at radius 1 is 1.36 bits per heavy atom. The van der Waals surface area contributed by atoms with Gasteiger partial charge in [0.25, 0.3) is 0 Å². The minimum atomic E-state index is 0.322. The highest BCUT2D eigenvalue weighted by Crippen LogP contribution is 2.19. The van der Waals surface area contributed by atoms with E-state index in [-0.39, 0.29) is 0 Å². The lowest BCUT2D eigenvalue weighted by Crippen LogP contribution is -2.01. The minimum absolute atomic E-state index is 0.322. The molecule has 1 rings (SSSR count). The normalized spacial score (nSPS) is 26.6. The molecule has 0 aromatic rings. The highest BCUT2D eigenvalue weighted by Gasteiger charge is 2.13. The maximum absolute atomic E-state index is 5.27. The lowest BCUT2D eigenvalue weighted by Gasteiger charge is -2.12. The van der Waals surface area contributed by atoms with Gasteiger partial charge in [-0.25, -0.2) is 0 Å². The van der Waals surface area contributed by atoms with Crippen LogP contribution >= 0.6 is 0 Å². The molecule has 1 heteroatoms. The summed E-state index contributed by atoms with van der Waals surface area (Å²) >= 11 is 0. The number of rotatable bonds is 1. The van der Waals surface area contributed by atoms with E-state index in [4.69, 9.17) is 4.74 Å². The zero-order chi connectivity index (χ0) is 8.32. The van der Waals surface area contributed by atoms with Crippen molar-refractivity contribution in [2.45, 2.75) is 27.2 Å². The fraction of sp³-hybridized carbons (Fsp3) is 0.800. The zero-order valence-corrected chi connectivity index (χ0v) is 7.76. The van der Waals surface area contributed by atoms with Gasteiger partial charge in [0.15, 0.2) is 0 Å². The molecule has 0 spiro atoms. The first kappa shape index (κ1) is 8.79. The number of hydrogen-bond donors (Lipinski definition) is 0. The summed E-state index contributed by atoms with van der Waals surface area (Å²) in [5.74, 6) is 0.675. The Balaban J connectivity index is 2.34. The van der Waals surface area contributed by atoms with E-state index in [1.807, 2.05) is 0 Å². The highest BCUT2D eigenvalue weighted by atomic mass is 16.5. The molecule has 0 radical (unpaired) electrons. The van der Waals surface area contributed by atoms with Gasteiger partial charge >= 0.3 is 0 Å². The molecule has 0 amide bonds. The minimum Gasteiger partial charge on any atom is -0.381 e. The third-order valence-electron chi connectivity index (χ3n) is 1.83. The SMILES string of the molecule is CC(C)(C)/C=C/C1CCOC1. The van der Waals surface area contributed by atoms with Gasteiger partial charge in [-0.3, -0.25) is 0 Å². The van der Waals surface area contributed by atoms with E-state index in [2.05, 4.69) is 32.9 Å². The Kier molecular flexibility index (Phi) is 2.72. The van der Waals surface area contributed by atoms with E-state index < -0.39 is 0 Å². The predicted octanol–water partition coefficient (Wildman–Crippen LogP) is 2.63. The van der Waals surface area contributed by atoms with Crippen LogP contribution in [0.1, 0.15) is 27.2 Å². The fourth-order valence-corrected chi connectivity index (χ4v) is 1.13.